The molecule has 30 heavy (non-hydrogen) atoms. The second kappa shape index (κ2) is 17.1. The van der Waals surface area contributed by atoms with E-state index < -0.39 is 11.0 Å². The van der Waals surface area contributed by atoms with Crippen LogP contribution in [0.5, 0.6) is 0 Å². The van der Waals surface area contributed by atoms with Gasteiger partial charge in [0.05, 0.1) is 0 Å². The maximum absolute atomic E-state index is 10.3. The number of carbonyl (C=O) groups is 1. The molecule has 4 heteroatoms. The minimum Gasteiger partial charge on any atom is -0.621 e. The smallest absolute Gasteiger partial charge is 0.621 e. The predicted molar refractivity (Wildman–Crippen MR) is 120 cm³/mol. The average molecular weight is 476 g/mol. The van der Waals surface area contributed by atoms with Crippen molar-refractivity contribution in [3.05, 3.63) is 158 Å². The van der Waals surface area contributed by atoms with E-state index in [0.717, 1.165) is 16.7 Å². The quantitative estimate of drug-likeness (QED) is 0.382. The fourth-order valence-corrected chi connectivity index (χ4v) is 1.88. The molecule has 0 fully saturated rings. The van der Waals surface area contributed by atoms with E-state index in [1.54, 1.807) is 12.2 Å². The number of hydrogen-bond acceptors (Lipinski definition) is 2. The molecule has 0 aliphatic carbocycles. The molecule has 1 unspecified atom stereocenters. The van der Waals surface area contributed by atoms with Crippen LogP contribution < -0.4 is 5.06 Å². The molecule has 1 N–H and O–H groups in total. The van der Waals surface area contributed by atoms with Crippen molar-refractivity contribution in [1.82, 2.24) is 0 Å². The average Bonchev–Trinajstić information content (AvgIpc) is 2.73. The van der Waals surface area contributed by atoms with Crippen LogP contribution in [0.4, 0.5) is 0 Å². The first-order chi connectivity index (χ1) is 14.0. The van der Waals surface area contributed by atoms with Crippen LogP contribution in [0.2, 0.25) is 0 Å². The fourth-order valence-electron chi connectivity index (χ4n) is 1.88. The number of quaternary nitrogens is 1. The summed E-state index contributed by atoms with van der Waals surface area (Å²) in [5, 5.41) is 9.87. The first-order valence-electron chi connectivity index (χ1n) is 9.03. The van der Waals surface area contributed by atoms with Crippen molar-refractivity contribution in [3.63, 3.8) is 0 Å². The van der Waals surface area contributed by atoms with Gasteiger partial charge in [0.1, 0.15) is 6.20 Å². The van der Waals surface area contributed by atoms with Gasteiger partial charge in [-0.15, -0.1) is 36.4 Å². The van der Waals surface area contributed by atoms with Crippen LogP contribution in [0.15, 0.2) is 115 Å². The van der Waals surface area contributed by atoms with Gasteiger partial charge >= 0.3 is 32.1 Å². The number of amides is 1. The molecule has 151 valence electrons. The summed E-state index contributed by atoms with van der Waals surface area (Å²) in [6.07, 6.45) is 5.60. The summed E-state index contributed by atoms with van der Waals surface area (Å²) in [5.41, 5.74) is 3.22. The number of allylic oxidation sites excluding steroid dienone is 2. The maximum Gasteiger partial charge on any atom is 3.00 e. The van der Waals surface area contributed by atoms with Crippen LogP contribution in [0.25, 0.3) is 0 Å². The van der Waals surface area contributed by atoms with Gasteiger partial charge in [-0.3, -0.25) is 5.06 Å². The Hall–Kier alpha value is -2.78. The Kier molecular flexibility index (Phi) is 15.5. The summed E-state index contributed by atoms with van der Waals surface area (Å²) in [6.45, 7) is 11.2. The molecule has 1 atom stereocenters. The summed E-state index contributed by atoms with van der Waals surface area (Å²) in [4.78, 5) is 10.3. The monoisotopic (exact) mass is 474 g/mol. The van der Waals surface area contributed by atoms with Crippen molar-refractivity contribution >= 4 is 5.91 Å². The molecular weight excluding hydrogens is 450 g/mol. The third kappa shape index (κ3) is 14.3. The van der Waals surface area contributed by atoms with E-state index in [1.165, 1.54) is 12.3 Å². The molecule has 3 aromatic carbocycles. The van der Waals surface area contributed by atoms with Crippen molar-refractivity contribution in [2.45, 2.75) is 0 Å². The Morgan fingerprint density at radius 3 is 1.10 bits per heavy atom. The van der Waals surface area contributed by atoms with E-state index in [1.807, 2.05) is 91.0 Å². The molecule has 3 nitrogen and oxygen atoms in total. The third-order valence-electron chi connectivity index (χ3n) is 3.38. The largest absolute Gasteiger partial charge is 3.00 e. The van der Waals surface area contributed by atoms with Crippen molar-refractivity contribution < 1.29 is 36.1 Å². The van der Waals surface area contributed by atoms with Gasteiger partial charge in [0.15, 0.2) is 0 Å². The molecule has 0 bridgehead atoms. The number of rotatable bonds is 0. The van der Waals surface area contributed by atoms with Gasteiger partial charge in [-0.1, -0.05) is 18.2 Å². The van der Waals surface area contributed by atoms with Crippen molar-refractivity contribution in [2.24, 2.45) is 0 Å². The number of carbonyl (C=O) groups excluding carboxylic acids is 1. The minimum atomic E-state index is -0.437. The standard InChI is InChI=1S/3C7H7.C5H5NO2.Zr/c3*1-7-5-3-2-4-6-7;7-5-3-1-2-4-6(5)8;/h3*2-6H,1H2;1-4,6H;/q3*-1;;+3. The number of benzene rings is 3. The SMILES string of the molecule is O=C1C=CC=C[NH+]1[O-].[CH2-]c1ccccc1.[CH2-]c1ccccc1.[CH2-]c1ccccc1.[Zr+3]. The van der Waals surface area contributed by atoms with Crippen molar-refractivity contribution in [3.8, 4) is 0 Å². The predicted octanol–water partition coefficient (Wildman–Crippen LogP) is 4.58. The van der Waals surface area contributed by atoms with Crippen molar-refractivity contribution in [2.75, 3.05) is 0 Å². The zero-order chi connectivity index (χ0) is 21.3. The van der Waals surface area contributed by atoms with Crippen molar-refractivity contribution in [1.29, 1.82) is 0 Å². The molecule has 0 aromatic heterocycles. The van der Waals surface area contributed by atoms with Gasteiger partial charge < -0.3 is 5.21 Å². The molecule has 0 saturated heterocycles. The summed E-state index contributed by atoms with van der Waals surface area (Å²) in [6, 6.07) is 29.6. The van der Waals surface area contributed by atoms with Gasteiger partial charge in [-0.2, -0.15) is 73.9 Å². The first-order valence-corrected chi connectivity index (χ1v) is 9.03. The Balaban J connectivity index is 0.000000370. The maximum atomic E-state index is 10.3. The molecule has 1 aliphatic heterocycles. The molecule has 3 aromatic rings. The van der Waals surface area contributed by atoms with E-state index >= 15 is 0 Å². The summed E-state index contributed by atoms with van der Waals surface area (Å²) < 4.78 is 0. The summed E-state index contributed by atoms with van der Waals surface area (Å²) in [7, 11) is 0. The topological polar surface area (TPSA) is 44.6 Å². The van der Waals surface area contributed by atoms with Gasteiger partial charge in [0, 0.05) is 6.08 Å². The molecule has 1 amide bonds. The number of nitrogens with one attached hydrogen (secondary N) is 1. The molecule has 0 saturated carbocycles. The second-order valence-electron chi connectivity index (χ2n) is 5.90. The van der Waals surface area contributed by atoms with E-state index in [0.29, 0.717) is 0 Å². The second-order valence-corrected chi connectivity index (χ2v) is 5.90. The van der Waals surface area contributed by atoms with Gasteiger partial charge in [-0.25, -0.2) is 4.79 Å². The van der Waals surface area contributed by atoms with E-state index in [4.69, 9.17) is 0 Å². The van der Waals surface area contributed by atoms with Gasteiger partial charge in [-0.05, 0) is 12.2 Å². The van der Waals surface area contributed by atoms with E-state index in [-0.39, 0.29) is 26.2 Å². The zero-order valence-corrected chi connectivity index (χ0v) is 19.4. The Morgan fingerprint density at radius 2 is 0.933 bits per heavy atom. The Morgan fingerprint density at radius 1 is 0.600 bits per heavy atom. The van der Waals surface area contributed by atoms with E-state index in [9.17, 15) is 10.0 Å². The van der Waals surface area contributed by atoms with Crippen LogP contribution in [0.1, 0.15) is 16.7 Å². The first kappa shape index (κ1) is 27.2. The fraction of sp³-hybridized carbons (Fsp3) is 0. The molecule has 4 rings (SSSR count). The molecule has 1 radical (unpaired) electrons. The minimum absolute atomic E-state index is 0. The molecule has 1 aliphatic rings. The number of hydrogen-bond donors (Lipinski definition) is 1. The molecular formula is C26H26NO2Zr. The zero-order valence-electron chi connectivity index (χ0n) is 16.9. The Bertz CT molecular complexity index is 774. The van der Waals surface area contributed by atoms with Crippen LogP contribution >= 0.6 is 0 Å². The molecule has 0 spiro atoms. The van der Waals surface area contributed by atoms with Gasteiger partial charge in [0.2, 0.25) is 0 Å². The summed E-state index contributed by atoms with van der Waals surface area (Å²) >= 11 is 0. The van der Waals surface area contributed by atoms with Crippen LogP contribution in [-0.4, -0.2) is 5.91 Å². The van der Waals surface area contributed by atoms with Gasteiger partial charge in [0.25, 0.3) is 0 Å². The third-order valence-corrected chi connectivity index (χ3v) is 3.38. The van der Waals surface area contributed by atoms with Crippen LogP contribution in [-0.2, 0) is 31.0 Å². The Labute approximate surface area is 199 Å². The normalized spacial score (nSPS) is 13.1. The van der Waals surface area contributed by atoms with Crippen LogP contribution in [0.3, 0.4) is 0 Å². The number of hydroxylamine groups is 2. The summed E-state index contributed by atoms with van der Waals surface area (Å²) in [5.74, 6) is -0.437. The van der Waals surface area contributed by atoms with Crippen LogP contribution in [0, 0.1) is 26.0 Å². The molecule has 1 heterocycles. The van der Waals surface area contributed by atoms with E-state index in [2.05, 4.69) is 20.8 Å².